The van der Waals surface area contributed by atoms with E-state index in [1.807, 2.05) is 14.0 Å². The minimum atomic E-state index is -0.660. The second-order valence-corrected chi connectivity index (χ2v) is 3.99. The highest BCUT2D eigenvalue weighted by atomic mass is 16.4. The van der Waals surface area contributed by atoms with Gasteiger partial charge in [0.05, 0.1) is 5.92 Å². The van der Waals surface area contributed by atoms with Crippen molar-refractivity contribution >= 4 is 5.97 Å². The van der Waals surface area contributed by atoms with E-state index in [1.165, 1.54) is 0 Å². The fraction of sp³-hybridized carbons (Fsp3) is 0.900. The highest BCUT2D eigenvalue weighted by molar-refractivity contribution is 5.71. The van der Waals surface area contributed by atoms with Gasteiger partial charge in [-0.15, -0.1) is 0 Å². The van der Waals surface area contributed by atoms with Crippen molar-refractivity contribution in [3.63, 3.8) is 0 Å². The number of carboxylic acids is 1. The molecule has 2 atom stereocenters. The van der Waals surface area contributed by atoms with E-state index in [0.717, 1.165) is 32.5 Å². The molecule has 14 heavy (non-hydrogen) atoms. The molecule has 0 spiro atoms. The van der Waals surface area contributed by atoms with Crippen LogP contribution in [-0.4, -0.2) is 48.7 Å². The Morgan fingerprint density at radius 3 is 2.93 bits per heavy atom. The molecule has 82 valence electrons. The van der Waals surface area contributed by atoms with Gasteiger partial charge in [-0.1, -0.05) is 13.3 Å². The Hall–Kier alpha value is -0.610. The topological polar surface area (TPSA) is 52.6 Å². The summed E-state index contributed by atoms with van der Waals surface area (Å²) in [6, 6.07) is 0.154. The zero-order valence-electron chi connectivity index (χ0n) is 8.99. The number of piperazine rings is 1. The molecule has 1 aliphatic rings. The largest absolute Gasteiger partial charge is 0.481 e. The molecule has 0 bridgehead atoms. The summed E-state index contributed by atoms with van der Waals surface area (Å²) < 4.78 is 0. The zero-order chi connectivity index (χ0) is 10.6. The van der Waals surface area contributed by atoms with E-state index in [4.69, 9.17) is 5.11 Å². The van der Waals surface area contributed by atoms with Gasteiger partial charge >= 0.3 is 5.97 Å². The highest BCUT2D eigenvalue weighted by Gasteiger charge is 2.31. The van der Waals surface area contributed by atoms with Gasteiger partial charge in [0.1, 0.15) is 0 Å². The van der Waals surface area contributed by atoms with Gasteiger partial charge in [0.25, 0.3) is 0 Å². The molecular weight excluding hydrogens is 180 g/mol. The highest BCUT2D eigenvalue weighted by Crippen LogP contribution is 2.17. The number of hydrogen-bond acceptors (Lipinski definition) is 3. The van der Waals surface area contributed by atoms with E-state index in [-0.39, 0.29) is 12.0 Å². The normalized spacial score (nSPS) is 26.0. The second kappa shape index (κ2) is 5.32. The Bertz CT molecular complexity index is 197. The first kappa shape index (κ1) is 11.5. The van der Waals surface area contributed by atoms with Crippen molar-refractivity contribution in [1.29, 1.82) is 0 Å². The number of aliphatic carboxylic acids is 1. The average Bonchev–Trinajstić information content (AvgIpc) is 2.15. The number of carbonyl (C=O) groups is 1. The summed E-state index contributed by atoms with van der Waals surface area (Å²) in [5.41, 5.74) is 0. The SMILES string of the molecule is CCCC(C(=O)O)C1CNCCN1C. The number of nitrogens with zero attached hydrogens (tertiary/aromatic N) is 1. The first-order valence-electron chi connectivity index (χ1n) is 5.30. The lowest BCUT2D eigenvalue weighted by Crippen LogP contribution is -2.54. The molecule has 0 aromatic carbocycles. The third-order valence-corrected chi connectivity index (χ3v) is 2.94. The van der Waals surface area contributed by atoms with E-state index < -0.39 is 5.97 Å². The first-order chi connectivity index (χ1) is 6.66. The molecule has 2 unspecified atom stereocenters. The second-order valence-electron chi connectivity index (χ2n) is 3.99. The van der Waals surface area contributed by atoms with Gasteiger partial charge in [-0.2, -0.15) is 0 Å². The number of likely N-dealkylation sites (N-methyl/N-ethyl adjacent to an activating group) is 1. The number of nitrogens with one attached hydrogen (secondary N) is 1. The summed E-state index contributed by atoms with van der Waals surface area (Å²) in [7, 11) is 2.01. The molecule has 1 fully saturated rings. The minimum Gasteiger partial charge on any atom is -0.481 e. The van der Waals surface area contributed by atoms with Crippen LogP contribution in [0.15, 0.2) is 0 Å². The van der Waals surface area contributed by atoms with Gasteiger partial charge in [0.2, 0.25) is 0 Å². The Morgan fingerprint density at radius 1 is 1.71 bits per heavy atom. The maximum atomic E-state index is 11.1. The molecule has 1 heterocycles. The van der Waals surface area contributed by atoms with Crippen LogP contribution in [-0.2, 0) is 4.79 Å². The van der Waals surface area contributed by atoms with Gasteiger partial charge in [0.15, 0.2) is 0 Å². The molecule has 1 saturated heterocycles. The summed E-state index contributed by atoms with van der Waals surface area (Å²) >= 11 is 0. The molecule has 4 nitrogen and oxygen atoms in total. The van der Waals surface area contributed by atoms with Crippen molar-refractivity contribution in [2.24, 2.45) is 5.92 Å². The number of hydrogen-bond donors (Lipinski definition) is 2. The first-order valence-corrected chi connectivity index (χ1v) is 5.30. The van der Waals surface area contributed by atoms with Crippen LogP contribution >= 0.6 is 0 Å². The van der Waals surface area contributed by atoms with Crippen LogP contribution in [0.2, 0.25) is 0 Å². The van der Waals surface area contributed by atoms with Crippen LogP contribution in [0.5, 0.6) is 0 Å². The van der Waals surface area contributed by atoms with E-state index in [9.17, 15) is 4.79 Å². The maximum absolute atomic E-state index is 11.1. The summed E-state index contributed by atoms with van der Waals surface area (Å²) in [4.78, 5) is 13.2. The standard InChI is InChI=1S/C10H20N2O2/c1-3-4-8(10(13)14)9-7-11-5-6-12(9)2/h8-9,11H,3-7H2,1-2H3,(H,13,14). The summed E-state index contributed by atoms with van der Waals surface area (Å²) in [6.07, 6.45) is 1.70. The van der Waals surface area contributed by atoms with Crippen LogP contribution in [0, 0.1) is 5.92 Å². The third kappa shape index (κ3) is 2.69. The van der Waals surface area contributed by atoms with Gasteiger partial charge in [0, 0.05) is 25.7 Å². The molecule has 0 saturated carbocycles. The molecule has 2 N–H and O–H groups in total. The van der Waals surface area contributed by atoms with Gasteiger partial charge in [-0.3, -0.25) is 4.79 Å². The molecule has 0 amide bonds. The molecule has 0 radical (unpaired) electrons. The van der Waals surface area contributed by atoms with Crippen LogP contribution in [0.3, 0.4) is 0 Å². The van der Waals surface area contributed by atoms with Crippen molar-refractivity contribution in [2.45, 2.75) is 25.8 Å². The van der Waals surface area contributed by atoms with Crippen LogP contribution in [0.25, 0.3) is 0 Å². The molecule has 0 aromatic heterocycles. The average molecular weight is 200 g/mol. The zero-order valence-corrected chi connectivity index (χ0v) is 8.99. The van der Waals surface area contributed by atoms with Gasteiger partial charge < -0.3 is 15.3 Å². The quantitative estimate of drug-likeness (QED) is 0.689. The summed E-state index contributed by atoms with van der Waals surface area (Å²) in [5.74, 6) is -0.884. The lowest BCUT2D eigenvalue weighted by Gasteiger charge is -2.36. The van der Waals surface area contributed by atoms with Crippen LogP contribution < -0.4 is 5.32 Å². The Kier molecular flexibility index (Phi) is 4.35. The summed E-state index contributed by atoms with van der Waals surface area (Å²) in [5, 5.41) is 12.4. The molecule has 1 rings (SSSR count). The van der Waals surface area contributed by atoms with E-state index in [0.29, 0.717) is 0 Å². The molecular formula is C10H20N2O2. The fourth-order valence-corrected chi connectivity index (χ4v) is 2.07. The van der Waals surface area contributed by atoms with Gasteiger partial charge in [-0.25, -0.2) is 0 Å². The lowest BCUT2D eigenvalue weighted by molar-refractivity contribution is -0.144. The van der Waals surface area contributed by atoms with Crippen molar-refractivity contribution in [3.8, 4) is 0 Å². The third-order valence-electron chi connectivity index (χ3n) is 2.94. The predicted molar refractivity (Wildman–Crippen MR) is 55.3 cm³/mol. The summed E-state index contributed by atoms with van der Waals surface area (Å²) in [6.45, 7) is 4.74. The smallest absolute Gasteiger partial charge is 0.308 e. The minimum absolute atomic E-state index is 0.154. The monoisotopic (exact) mass is 200 g/mol. The van der Waals surface area contributed by atoms with Gasteiger partial charge in [-0.05, 0) is 13.5 Å². The van der Waals surface area contributed by atoms with E-state index >= 15 is 0 Å². The van der Waals surface area contributed by atoms with E-state index in [2.05, 4.69) is 10.2 Å². The predicted octanol–water partition coefficient (Wildman–Crippen LogP) is 0.391. The fourth-order valence-electron chi connectivity index (χ4n) is 2.07. The van der Waals surface area contributed by atoms with Crippen molar-refractivity contribution < 1.29 is 9.90 Å². The Morgan fingerprint density at radius 2 is 2.43 bits per heavy atom. The Balaban J connectivity index is 2.60. The Labute approximate surface area is 85.3 Å². The van der Waals surface area contributed by atoms with E-state index in [1.54, 1.807) is 0 Å². The maximum Gasteiger partial charge on any atom is 0.308 e. The lowest BCUT2D eigenvalue weighted by atomic mass is 9.92. The molecule has 0 aromatic rings. The number of rotatable bonds is 4. The molecule has 1 aliphatic heterocycles. The molecule has 4 heteroatoms. The molecule has 0 aliphatic carbocycles. The number of carboxylic acid groups (broad SMARTS) is 1. The van der Waals surface area contributed by atoms with Crippen LogP contribution in [0.1, 0.15) is 19.8 Å². The van der Waals surface area contributed by atoms with Crippen molar-refractivity contribution in [1.82, 2.24) is 10.2 Å². The van der Waals surface area contributed by atoms with Crippen LogP contribution in [0.4, 0.5) is 0 Å². The van der Waals surface area contributed by atoms with Crippen molar-refractivity contribution in [3.05, 3.63) is 0 Å². The van der Waals surface area contributed by atoms with Crippen molar-refractivity contribution in [2.75, 3.05) is 26.7 Å².